The first kappa shape index (κ1) is 13.0. The second kappa shape index (κ2) is 5.89. The number of carboxylic acid groups (broad SMARTS) is 1. The minimum absolute atomic E-state index is 0.0166. The van der Waals surface area contributed by atoms with Crippen molar-refractivity contribution in [1.29, 1.82) is 0 Å². The average molecular weight is 242 g/mol. The van der Waals surface area contributed by atoms with Crippen LogP contribution in [0.25, 0.3) is 0 Å². The van der Waals surface area contributed by atoms with Gasteiger partial charge in [0, 0.05) is 10.1 Å². The molecule has 0 aromatic heterocycles. The van der Waals surface area contributed by atoms with E-state index in [0.717, 1.165) is 11.3 Å². The number of hydrogen-bond donors (Lipinski definition) is 1. The Labute approximate surface area is 98.9 Å². The Morgan fingerprint density at radius 1 is 1.44 bits per heavy atom. The summed E-state index contributed by atoms with van der Waals surface area (Å²) in [7, 11) is 0. The largest absolute Gasteiger partial charge is 0.481 e. The number of halogens is 1. The van der Waals surface area contributed by atoms with E-state index in [1.54, 1.807) is 19.1 Å². The number of hydrogen-bond acceptors (Lipinski definition) is 2. The van der Waals surface area contributed by atoms with E-state index in [-0.39, 0.29) is 11.1 Å². The molecule has 1 aromatic carbocycles. The summed E-state index contributed by atoms with van der Waals surface area (Å²) in [4.78, 5) is 11.8. The second-order valence-electron chi connectivity index (χ2n) is 3.65. The maximum Gasteiger partial charge on any atom is 0.307 e. The highest BCUT2D eigenvalue weighted by molar-refractivity contribution is 8.00. The van der Waals surface area contributed by atoms with Crippen molar-refractivity contribution < 1.29 is 14.3 Å². The fourth-order valence-electron chi connectivity index (χ4n) is 1.39. The Hall–Kier alpha value is -1.03. The molecule has 0 heterocycles. The summed E-state index contributed by atoms with van der Waals surface area (Å²) in [5.74, 6) is -1.47. The fourth-order valence-corrected chi connectivity index (χ4v) is 2.52. The normalized spacial score (nSPS) is 14.4. The Kier molecular flexibility index (Phi) is 4.80. The van der Waals surface area contributed by atoms with Gasteiger partial charge in [-0.3, -0.25) is 4.79 Å². The van der Waals surface area contributed by atoms with E-state index in [1.165, 1.54) is 23.9 Å². The summed E-state index contributed by atoms with van der Waals surface area (Å²) in [6, 6.07) is 6.13. The Balaban J connectivity index is 2.70. The predicted molar refractivity (Wildman–Crippen MR) is 63.1 cm³/mol. The lowest BCUT2D eigenvalue weighted by molar-refractivity contribution is -0.141. The molecule has 88 valence electrons. The van der Waals surface area contributed by atoms with Crippen molar-refractivity contribution in [2.75, 3.05) is 0 Å². The van der Waals surface area contributed by atoms with Crippen LogP contribution in [0.1, 0.15) is 20.3 Å². The molecule has 0 radical (unpaired) electrons. The van der Waals surface area contributed by atoms with E-state index in [0.29, 0.717) is 0 Å². The van der Waals surface area contributed by atoms with Gasteiger partial charge in [-0.2, -0.15) is 0 Å². The lowest BCUT2D eigenvalue weighted by Gasteiger charge is -2.18. The Bertz CT molecular complexity index is 351. The summed E-state index contributed by atoms with van der Waals surface area (Å²) in [6.45, 7) is 3.66. The number of carboxylic acids is 1. The molecule has 4 heteroatoms. The zero-order chi connectivity index (χ0) is 12.1. The maximum absolute atomic E-state index is 12.7. The van der Waals surface area contributed by atoms with Crippen LogP contribution in [0.4, 0.5) is 4.39 Å². The first-order valence-corrected chi connectivity index (χ1v) is 6.07. The van der Waals surface area contributed by atoms with Crippen molar-refractivity contribution in [2.24, 2.45) is 5.92 Å². The highest BCUT2D eigenvalue weighted by atomic mass is 32.2. The van der Waals surface area contributed by atoms with Gasteiger partial charge in [0.05, 0.1) is 5.92 Å². The summed E-state index contributed by atoms with van der Waals surface area (Å²) < 4.78 is 12.7. The third kappa shape index (κ3) is 3.52. The van der Waals surface area contributed by atoms with E-state index in [1.807, 2.05) is 6.92 Å². The highest BCUT2D eigenvalue weighted by Gasteiger charge is 2.22. The van der Waals surface area contributed by atoms with Gasteiger partial charge in [-0.05, 0) is 30.7 Å². The van der Waals surface area contributed by atoms with E-state index >= 15 is 0 Å². The quantitative estimate of drug-likeness (QED) is 0.804. The summed E-state index contributed by atoms with van der Waals surface area (Å²) >= 11 is 1.49. The van der Waals surface area contributed by atoms with Crippen molar-refractivity contribution in [3.8, 4) is 0 Å². The molecule has 0 fully saturated rings. The second-order valence-corrected chi connectivity index (χ2v) is 4.96. The summed E-state index contributed by atoms with van der Waals surface area (Å²) in [6.07, 6.45) is 0.773. The van der Waals surface area contributed by atoms with Gasteiger partial charge in [0.2, 0.25) is 0 Å². The van der Waals surface area contributed by atoms with Crippen LogP contribution in [-0.4, -0.2) is 16.3 Å². The lowest BCUT2D eigenvalue weighted by Crippen LogP contribution is -2.22. The molecule has 0 bridgehead atoms. The van der Waals surface area contributed by atoms with Crippen molar-refractivity contribution in [3.05, 3.63) is 30.1 Å². The minimum Gasteiger partial charge on any atom is -0.481 e. The molecular formula is C12H15FO2S. The molecule has 1 N–H and O–H groups in total. The summed E-state index contributed by atoms with van der Waals surface area (Å²) in [5.41, 5.74) is 0. The number of thioether (sulfide) groups is 1. The van der Waals surface area contributed by atoms with Crippen LogP contribution >= 0.6 is 11.8 Å². The van der Waals surface area contributed by atoms with E-state index in [9.17, 15) is 9.18 Å². The molecule has 1 rings (SSSR count). The SMILES string of the molecule is CCC(Sc1ccc(F)cc1)C(C)C(=O)O. The van der Waals surface area contributed by atoms with Gasteiger partial charge >= 0.3 is 5.97 Å². The zero-order valence-electron chi connectivity index (χ0n) is 9.31. The lowest BCUT2D eigenvalue weighted by atomic mass is 10.1. The molecule has 0 aliphatic carbocycles. The van der Waals surface area contributed by atoms with Crippen molar-refractivity contribution >= 4 is 17.7 Å². The van der Waals surface area contributed by atoms with E-state index in [2.05, 4.69) is 0 Å². The molecule has 16 heavy (non-hydrogen) atoms. The average Bonchev–Trinajstić information content (AvgIpc) is 2.27. The molecule has 0 amide bonds. The van der Waals surface area contributed by atoms with Gasteiger partial charge in [-0.25, -0.2) is 4.39 Å². The molecule has 1 aromatic rings. The highest BCUT2D eigenvalue weighted by Crippen LogP contribution is 2.30. The minimum atomic E-state index is -0.790. The molecule has 0 aliphatic rings. The number of carbonyl (C=O) groups is 1. The van der Waals surface area contributed by atoms with Crippen molar-refractivity contribution in [1.82, 2.24) is 0 Å². The zero-order valence-corrected chi connectivity index (χ0v) is 10.1. The van der Waals surface area contributed by atoms with Crippen LogP contribution < -0.4 is 0 Å². The van der Waals surface area contributed by atoms with Crippen LogP contribution in [0, 0.1) is 11.7 Å². The van der Waals surface area contributed by atoms with E-state index < -0.39 is 11.9 Å². The van der Waals surface area contributed by atoms with Crippen LogP contribution in [0.15, 0.2) is 29.2 Å². The molecule has 0 saturated carbocycles. The molecule has 2 nitrogen and oxygen atoms in total. The van der Waals surface area contributed by atoms with Crippen LogP contribution in [0.2, 0.25) is 0 Å². The topological polar surface area (TPSA) is 37.3 Å². The maximum atomic E-state index is 12.7. The molecule has 0 aliphatic heterocycles. The molecule has 2 atom stereocenters. The first-order valence-electron chi connectivity index (χ1n) is 5.19. The Morgan fingerprint density at radius 2 is 2.00 bits per heavy atom. The van der Waals surface area contributed by atoms with Gasteiger partial charge in [-0.1, -0.05) is 13.8 Å². The van der Waals surface area contributed by atoms with E-state index in [4.69, 9.17) is 5.11 Å². The van der Waals surface area contributed by atoms with Crippen LogP contribution in [0.5, 0.6) is 0 Å². The molecule has 0 spiro atoms. The standard InChI is InChI=1S/C12H15FO2S/c1-3-11(8(2)12(14)15)16-10-6-4-9(13)5-7-10/h4-8,11H,3H2,1-2H3,(H,14,15). The number of benzene rings is 1. The van der Waals surface area contributed by atoms with Gasteiger partial charge < -0.3 is 5.11 Å². The van der Waals surface area contributed by atoms with Crippen molar-refractivity contribution in [2.45, 2.75) is 30.4 Å². The smallest absolute Gasteiger partial charge is 0.307 e. The van der Waals surface area contributed by atoms with Gasteiger partial charge in [0.15, 0.2) is 0 Å². The van der Waals surface area contributed by atoms with Gasteiger partial charge in [0.25, 0.3) is 0 Å². The monoisotopic (exact) mass is 242 g/mol. The third-order valence-electron chi connectivity index (χ3n) is 2.45. The van der Waals surface area contributed by atoms with Gasteiger partial charge in [0.1, 0.15) is 5.82 Å². The first-order chi connectivity index (χ1) is 7.54. The fraction of sp³-hybridized carbons (Fsp3) is 0.417. The molecule has 0 saturated heterocycles. The predicted octanol–water partition coefficient (Wildman–Crippen LogP) is 3.42. The number of rotatable bonds is 5. The molecule has 2 unspecified atom stereocenters. The molecular weight excluding hydrogens is 227 g/mol. The number of aliphatic carboxylic acids is 1. The summed E-state index contributed by atoms with van der Waals surface area (Å²) in [5, 5.41) is 8.95. The van der Waals surface area contributed by atoms with Crippen molar-refractivity contribution in [3.63, 3.8) is 0 Å². The van der Waals surface area contributed by atoms with Crippen LogP contribution in [-0.2, 0) is 4.79 Å². The Morgan fingerprint density at radius 3 is 2.44 bits per heavy atom. The third-order valence-corrected chi connectivity index (χ3v) is 4.04. The van der Waals surface area contributed by atoms with Crippen LogP contribution in [0.3, 0.4) is 0 Å². The van der Waals surface area contributed by atoms with Gasteiger partial charge in [-0.15, -0.1) is 11.8 Å².